The van der Waals surface area contributed by atoms with Crippen molar-refractivity contribution >= 4 is 0 Å². The second-order valence-electron chi connectivity index (χ2n) is 4.22. The Hall–Kier alpha value is -0.930. The van der Waals surface area contributed by atoms with Gasteiger partial charge >= 0.3 is 0 Å². The van der Waals surface area contributed by atoms with Crippen LogP contribution in [-0.2, 0) is 15.3 Å². The Morgan fingerprint density at radius 1 is 1.19 bits per heavy atom. The summed E-state index contributed by atoms with van der Waals surface area (Å²) in [6.45, 7) is 6.87. The molecule has 16 heavy (non-hydrogen) atoms. The van der Waals surface area contributed by atoms with E-state index in [0.29, 0.717) is 25.2 Å². The molecule has 1 aromatic rings. The average Bonchev–Trinajstić information content (AvgIpc) is 2.73. The van der Waals surface area contributed by atoms with Crippen molar-refractivity contribution in [2.24, 2.45) is 0 Å². The van der Waals surface area contributed by atoms with Gasteiger partial charge in [-0.2, -0.15) is 0 Å². The van der Waals surface area contributed by atoms with Crippen LogP contribution in [0.3, 0.4) is 0 Å². The van der Waals surface area contributed by atoms with E-state index in [-0.39, 0.29) is 5.82 Å². The minimum atomic E-state index is -0.872. The average molecular weight is 224 g/mol. The lowest BCUT2D eigenvalue weighted by Gasteiger charge is -2.27. The number of rotatable bonds is 2. The molecule has 0 bridgehead atoms. The van der Waals surface area contributed by atoms with E-state index in [1.165, 1.54) is 0 Å². The molecule has 0 atom stereocenters. The number of ether oxygens (including phenoxy) is 2. The van der Waals surface area contributed by atoms with Crippen LogP contribution in [0.25, 0.3) is 0 Å². The molecule has 3 heteroatoms. The molecule has 1 aliphatic heterocycles. The predicted molar refractivity (Wildman–Crippen MR) is 59.7 cm³/mol. The van der Waals surface area contributed by atoms with Crippen LogP contribution in [0.1, 0.15) is 30.0 Å². The number of aryl methyl sites for hydroxylation is 2. The van der Waals surface area contributed by atoms with Crippen molar-refractivity contribution < 1.29 is 13.9 Å². The standard InChI is InChI=1S/C13H17FO2/c1-4-13(15-5-6-16-13)11-7-9(2)10(3)8-12(11)14/h7-8H,4-6H2,1-3H3. The van der Waals surface area contributed by atoms with E-state index in [2.05, 4.69) is 0 Å². The third-order valence-electron chi connectivity index (χ3n) is 3.21. The lowest BCUT2D eigenvalue weighted by atomic mass is 9.97. The van der Waals surface area contributed by atoms with Gasteiger partial charge in [0.1, 0.15) is 5.82 Å². The maximum absolute atomic E-state index is 14.0. The van der Waals surface area contributed by atoms with Gasteiger partial charge in [0.05, 0.1) is 13.2 Å². The molecule has 1 aromatic carbocycles. The van der Waals surface area contributed by atoms with Crippen molar-refractivity contribution in [2.75, 3.05) is 13.2 Å². The lowest BCUT2D eigenvalue weighted by Crippen LogP contribution is -2.27. The van der Waals surface area contributed by atoms with Gasteiger partial charge in [-0.3, -0.25) is 0 Å². The Balaban J connectivity index is 2.50. The molecule has 1 saturated heterocycles. The normalized spacial score (nSPS) is 19.0. The lowest BCUT2D eigenvalue weighted by molar-refractivity contribution is -0.169. The molecule has 1 aliphatic rings. The predicted octanol–water partition coefficient (Wildman–Crippen LogP) is 3.05. The molecule has 0 radical (unpaired) electrons. The highest BCUT2D eigenvalue weighted by molar-refractivity contribution is 5.34. The Kier molecular flexibility index (Phi) is 3.00. The molecule has 0 saturated carbocycles. The summed E-state index contributed by atoms with van der Waals surface area (Å²) in [6, 6.07) is 3.38. The van der Waals surface area contributed by atoms with E-state index in [4.69, 9.17) is 9.47 Å². The summed E-state index contributed by atoms with van der Waals surface area (Å²) < 4.78 is 25.1. The van der Waals surface area contributed by atoms with Crippen molar-refractivity contribution in [1.29, 1.82) is 0 Å². The van der Waals surface area contributed by atoms with Crippen molar-refractivity contribution in [3.8, 4) is 0 Å². The van der Waals surface area contributed by atoms with Crippen molar-refractivity contribution in [1.82, 2.24) is 0 Å². The molecule has 0 N–H and O–H groups in total. The molecule has 0 spiro atoms. The Morgan fingerprint density at radius 2 is 1.75 bits per heavy atom. The maximum Gasteiger partial charge on any atom is 0.197 e. The molecule has 0 aromatic heterocycles. The number of halogens is 1. The SMILES string of the molecule is CCC1(c2cc(C)c(C)cc2F)OCCO1. The van der Waals surface area contributed by atoms with Crippen molar-refractivity contribution in [2.45, 2.75) is 33.0 Å². The zero-order chi connectivity index (χ0) is 11.8. The molecule has 1 heterocycles. The van der Waals surface area contributed by atoms with E-state index < -0.39 is 5.79 Å². The second kappa shape index (κ2) is 4.15. The first kappa shape index (κ1) is 11.6. The van der Waals surface area contributed by atoms with Gasteiger partial charge in [0.15, 0.2) is 5.79 Å². The Morgan fingerprint density at radius 3 is 2.31 bits per heavy atom. The van der Waals surface area contributed by atoms with Crippen LogP contribution >= 0.6 is 0 Å². The van der Waals surface area contributed by atoms with Gasteiger partial charge in [0, 0.05) is 12.0 Å². The van der Waals surface area contributed by atoms with Crippen molar-refractivity contribution in [3.05, 3.63) is 34.6 Å². The summed E-state index contributed by atoms with van der Waals surface area (Å²) in [4.78, 5) is 0. The van der Waals surface area contributed by atoms with Crippen LogP contribution < -0.4 is 0 Å². The Bertz CT molecular complexity index is 395. The van der Waals surface area contributed by atoms with Crippen LogP contribution in [0.2, 0.25) is 0 Å². The smallest absolute Gasteiger partial charge is 0.197 e. The van der Waals surface area contributed by atoms with Crippen molar-refractivity contribution in [3.63, 3.8) is 0 Å². The minimum Gasteiger partial charge on any atom is -0.343 e. The van der Waals surface area contributed by atoms with Gasteiger partial charge in [0.2, 0.25) is 0 Å². The number of benzene rings is 1. The molecule has 2 nitrogen and oxygen atoms in total. The van der Waals surface area contributed by atoms with Gasteiger partial charge in [-0.1, -0.05) is 6.92 Å². The van der Waals surface area contributed by atoms with Gasteiger partial charge < -0.3 is 9.47 Å². The summed E-state index contributed by atoms with van der Waals surface area (Å²) in [7, 11) is 0. The molecule has 2 rings (SSSR count). The largest absolute Gasteiger partial charge is 0.343 e. The van der Waals surface area contributed by atoms with Gasteiger partial charge in [0.25, 0.3) is 0 Å². The third-order valence-corrected chi connectivity index (χ3v) is 3.21. The fourth-order valence-electron chi connectivity index (χ4n) is 2.08. The molecule has 0 amide bonds. The molecule has 88 valence electrons. The summed E-state index contributed by atoms with van der Waals surface area (Å²) >= 11 is 0. The van der Waals surface area contributed by atoms with E-state index in [1.807, 2.05) is 26.8 Å². The quantitative estimate of drug-likeness (QED) is 0.768. The molecular formula is C13H17FO2. The first-order chi connectivity index (χ1) is 7.59. The summed E-state index contributed by atoms with van der Waals surface area (Å²) in [5, 5.41) is 0. The maximum atomic E-state index is 14.0. The highest BCUT2D eigenvalue weighted by Crippen LogP contribution is 2.37. The van der Waals surface area contributed by atoms with E-state index >= 15 is 0 Å². The van der Waals surface area contributed by atoms with Crippen LogP contribution in [-0.4, -0.2) is 13.2 Å². The summed E-state index contributed by atoms with van der Waals surface area (Å²) in [6.07, 6.45) is 0.617. The second-order valence-corrected chi connectivity index (χ2v) is 4.22. The van der Waals surface area contributed by atoms with Crippen LogP contribution in [0.4, 0.5) is 4.39 Å². The monoisotopic (exact) mass is 224 g/mol. The topological polar surface area (TPSA) is 18.5 Å². The highest BCUT2D eigenvalue weighted by atomic mass is 19.1. The van der Waals surface area contributed by atoms with Crippen LogP contribution in [0.15, 0.2) is 12.1 Å². The first-order valence-electron chi connectivity index (χ1n) is 5.64. The Labute approximate surface area is 95.4 Å². The number of hydrogen-bond acceptors (Lipinski definition) is 2. The van der Waals surface area contributed by atoms with Crippen LogP contribution in [0, 0.1) is 19.7 Å². The first-order valence-corrected chi connectivity index (χ1v) is 5.64. The van der Waals surface area contributed by atoms with E-state index in [9.17, 15) is 4.39 Å². The zero-order valence-electron chi connectivity index (χ0n) is 9.97. The fraction of sp³-hybridized carbons (Fsp3) is 0.538. The highest BCUT2D eigenvalue weighted by Gasteiger charge is 2.39. The summed E-state index contributed by atoms with van der Waals surface area (Å²) in [5.41, 5.74) is 2.53. The van der Waals surface area contributed by atoms with E-state index in [0.717, 1.165) is 11.1 Å². The molecule has 0 aliphatic carbocycles. The third kappa shape index (κ3) is 1.74. The molecule has 0 unspecified atom stereocenters. The fourth-order valence-corrected chi connectivity index (χ4v) is 2.08. The van der Waals surface area contributed by atoms with Gasteiger partial charge in [-0.25, -0.2) is 4.39 Å². The van der Waals surface area contributed by atoms with Gasteiger partial charge in [-0.05, 0) is 37.1 Å². The molecule has 1 fully saturated rings. The van der Waals surface area contributed by atoms with Gasteiger partial charge in [-0.15, -0.1) is 0 Å². The molecular weight excluding hydrogens is 207 g/mol. The zero-order valence-corrected chi connectivity index (χ0v) is 9.97. The summed E-state index contributed by atoms with van der Waals surface area (Å²) in [5.74, 6) is -1.12. The minimum absolute atomic E-state index is 0.244. The van der Waals surface area contributed by atoms with E-state index in [1.54, 1.807) is 6.07 Å². The van der Waals surface area contributed by atoms with Crippen LogP contribution in [0.5, 0.6) is 0 Å². The number of hydrogen-bond donors (Lipinski definition) is 0.